The van der Waals surface area contributed by atoms with Crippen molar-refractivity contribution in [1.82, 2.24) is 0 Å². The number of benzene rings is 2. The summed E-state index contributed by atoms with van der Waals surface area (Å²) < 4.78 is 31.2. The van der Waals surface area contributed by atoms with Crippen LogP contribution >= 0.6 is 11.6 Å². The van der Waals surface area contributed by atoms with Crippen LogP contribution in [0.4, 0.5) is 0 Å². The second kappa shape index (κ2) is 5.91. The molecule has 0 aromatic heterocycles. The smallest absolute Gasteiger partial charge is 0.183 e. The highest BCUT2D eigenvalue weighted by atomic mass is 35.5. The molecule has 2 N–H and O–H groups in total. The van der Waals surface area contributed by atoms with Crippen LogP contribution in [-0.2, 0) is 14.6 Å². The minimum atomic E-state index is -3.55. The molecule has 6 heteroatoms. The zero-order valence-electron chi connectivity index (χ0n) is 12.6. The van der Waals surface area contributed by atoms with Gasteiger partial charge in [0.05, 0.1) is 22.3 Å². The van der Waals surface area contributed by atoms with Gasteiger partial charge in [0.25, 0.3) is 0 Å². The van der Waals surface area contributed by atoms with E-state index in [4.69, 9.17) is 22.1 Å². The molecule has 0 saturated heterocycles. The molecule has 0 spiro atoms. The fraction of sp³-hybridized carbons (Fsp3) is 0.294. The standard InChI is InChI=1S/C17H18ClNO3S/c1-22-11-17(19)15(12-6-5-7-13(18)10-12)16(17)23(20,21)14-8-3-2-4-9-14/h2-10,15-16H,11,19H2,1H3. The Bertz CT molecular complexity index is 810. The topological polar surface area (TPSA) is 69.4 Å². The summed E-state index contributed by atoms with van der Waals surface area (Å²) >= 11 is 6.04. The van der Waals surface area contributed by atoms with E-state index in [-0.39, 0.29) is 17.4 Å². The van der Waals surface area contributed by atoms with Crippen LogP contribution in [0, 0.1) is 0 Å². The summed E-state index contributed by atoms with van der Waals surface area (Å²) in [6.45, 7) is 0.168. The first-order valence-electron chi connectivity index (χ1n) is 7.23. The van der Waals surface area contributed by atoms with Crippen LogP contribution < -0.4 is 5.73 Å². The van der Waals surface area contributed by atoms with Gasteiger partial charge in [-0.3, -0.25) is 0 Å². The molecule has 3 atom stereocenters. The Kier molecular flexibility index (Phi) is 4.23. The number of rotatable bonds is 5. The summed E-state index contributed by atoms with van der Waals surface area (Å²) in [5, 5.41) is -0.166. The van der Waals surface area contributed by atoms with Crippen molar-refractivity contribution < 1.29 is 13.2 Å². The van der Waals surface area contributed by atoms with Crippen molar-refractivity contribution in [3.05, 3.63) is 65.2 Å². The first kappa shape index (κ1) is 16.5. The summed E-state index contributed by atoms with van der Waals surface area (Å²) in [6, 6.07) is 15.6. The van der Waals surface area contributed by atoms with Crippen LogP contribution in [-0.4, -0.2) is 32.9 Å². The monoisotopic (exact) mass is 351 g/mol. The van der Waals surface area contributed by atoms with Gasteiger partial charge in [-0.05, 0) is 29.8 Å². The highest BCUT2D eigenvalue weighted by molar-refractivity contribution is 7.92. The molecule has 23 heavy (non-hydrogen) atoms. The van der Waals surface area contributed by atoms with E-state index in [0.717, 1.165) is 5.56 Å². The molecule has 1 aliphatic carbocycles. The number of nitrogens with two attached hydrogens (primary N) is 1. The molecule has 3 unspecified atom stereocenters. The van der Waals surface area contributed by atoms with Gasteiger partial charge < -0.3 is 10.5 Å². The van der Waals surface area contributed by atoms with Crippen molar-refractivity contribution in [2.24, 2.45) is 5.73 Å². The third-order valence-electron chi connectivity index (χ3n) is 4.31. The summed E-state index contributed by atoms with van der Waals surface area (Å²) in [7, 11) is -2.03. The van der Waals surface area contributed by atoms with Gasteiger partial charge in [-0.15, -0.1) is 0 Å². The molecule has 1 aliphatic rings. The van der Waals surface area contributed by atoms with E-state index in [2.05, 4.69) is 0 Å². The van der Waals surface area contributed by atoms with Crippen LogP contribution in [0.15, 0.2) is 59.5 Å². The fourth-order valence-electron chi connectivity index (χ4n) is 3.25. The van der Waals surface area contributed by atoms with E-state index in [9.17, 15) is 8.42 Å². The lowest BCUT2D eigenvalue weighted by Gasteiger charge is -2.11. The molecule has 3 rings (SSSR count). The van der Waals surface area contributed by atoms with Gasteiger partial charge in [-0.1, -0.05) is 41.9 Å². The molecule has 0 heterocycles. The Morgan fingerprint density at radius 1 is 1.17 bits per heavy atom. The lowest BCUT2D eigenvalue weighted by molar-refractivity contribution is 0.171. The van der Waals surface area contributed by atoms with E-state index in [0.29, 0.717) is 5.02 Å². The molecule has 0 bridgehead atoms. The summed E-state index contributed by atoms with van der Waals surface area (Å²) in [5.41, 5.74) is 6.27. The van der Waals surface area contributed by atoms with E-state index in [1.165, 1.54) is 7.11 Å². The third-order valence-corrected chi connectivity index (χ3v) is 6.85. The largest absolute Gasteiger partial charge is 0.383 e. The molecular formula is C17H18ClNO3S. The molecule has 122 valence electrons. The lowest BCUT2D eigenvalue weighted by Crippen LogP contribution is -2.35. The van der Waals surface area contributed by atoms with Crippen molar-refractivity contribution in [2.75, 3.05) is 13.7 Å². The average Bonchev–Trinajstić information content (AvgIpc) is 3.15. The van der Waals surface area contributed by atoms with Crippen molar-refractivity contribution in [3.63, 3.8) is 0 Å². The maximum Gasteiger partial charge on any atom is 0.183 e. The first-order valence-corrected chi connectivity index (χ1v) is 9.16. The van der Waals surface area contributed by atoms with Gasteiger partial charge in [0.15, 0.2) is 9.84 Å². The summed E-state index contributed by atoms with van der Waals surface area (Å²) in [5.74, 6) is -0.341. The van der Waals surface area contributed by atoms with Gasteiger partial charge in [0.1, 0.15) is 0 Å². The molecule has 2 aromatic carbocycles. The Morgan fingerprint density at radius 2 is 1.87 bits per heavy atom. The van der Waals surface area contributed by atoms with E-state index < -0.39 is 20.6 Å². The van der Waals surface area contributed by atoms with E-state index >= 15 is 0 Å². The minimum absolute atomic E-state index is 0.168. The fourth-order valence-corrected chi connectivity index (χ4v) is 5.77. The zero-order valence-corrected chi connectivity index (χ0v) is 14.2. The van der Waals surface area contributed by atoms with Gasteiger partial charge in [-0.2, -0.15) is 0 Å². The first-order chi connectivity index (χ1) is 10.9. The maximum atomic E-state index is 13.0. The second-order valence-electron chi connectivity index (χ2n) is 5.86. The number of methoxy groups -OCH3 is 1. The zero-order chi connectivity index (χ0) is 16.7. The number of hydrogen-bond donors (Lipinski definition) is 1. The molecule has 4 nitrogen and oxygen atoms in total. The van der Waals surface area contributed by atoms with Crippen molar-refractivity contribution >= 4 is 21.4 Å². The predicted octanol–water partition coefficient (Wildman–Crippen LogP) is 2.62. The van der Waals surface area contributed by atoms with E-state index in [1.807, 2.05) is 6.07 Å². The predicted molar refractivity (Wildman–Crippen MR) is 90.4 cm³/mol. The highest BCUT2D eigenvalue weighted by Crippen LogP contribution is 2.55. The molecule has 1 fully saturated rings. The van der Waals surface area contributed by atoms with Crippen LogP contribution in [0.3, 0.4) is 0 Å². The number of hydrogen-bond acceptors (Lipinski definition) is 4. The molecule has 0 aliphatic heterocycles. The molecule has 2 aromatic rings. The Morgan fingerprint density at radius 3 is 2.48 bits per heavy atom. The van der Waals surface area contributed by atoms with Crippen LogP contribution in [0.5, 0.6) is 0 Å². The van der Waals surface area contributed by atoms with E-state index in [1.54, 1.807) is 48.5 Å². The molecule has 1 saturated carbocycles. The van der Waals surface area contributed by atoms with Gasteiger partial charge in [0, 0.05) is 18.1 Å². The number of ether oxygens (including phenoxy) is 1. The van der Waals surface area contributed by atoms with Crippen molar-refractivity contribution in [3.8, 4) is 0 Å². The maximum absolute atomic E-state index is 13.0. The molecular weight excluding hydrogens is 334 g/mol. The normalized spacial score (nSPS) is 26.9. The van der Waals surface area contributed by atoms with Gasteiger partial charge in [-0.25, -0.2) is 8.42 Å². The Balaban J connectivity index is 2.04. The van der Waals surface area contributed by atoms with Gasteiger partial charge >= 0.3 is 0 Å². The summed E-state index contributed by atoms with van der Waals surface area (Å²) in [4.78, 5) is 0.278. The van der Waals surface area contributed by atoms with Crippen molar-refractivity contribution in [2.45, 2.75) is 21.6 Å². The average molecular weight is 352 g/mol. The number of halogens is 1. The highest BCUT2D eigenvalue weighted by Gasteiger charge is 2.69. The lowest BCUT2D eigenvalue weighted by atomic mass is 10.1. The van der Waals surface area contributed by atoms with Crippen LogP contribution in [0.25, 0.3) is 0 Å². The number of sulfone groups is 1. The summed E-state index contributed by atoms with van der Waals surface area (Å²) in [6.07, 6.45) is 0. The van der Waals surface area contributed by atoms with Crippen LogP contribution in [0.2, 0.25) is 5.02 Å². The Hall–Kier alpha value is -1.40. The molecule has 0 radical (unpaired) electrons. The quantitative estimate of drug-likeness (QED) is 0.899. The Labute approximate surface area is 141 Å². The minimum Gasteiger partial charge on any atom is -0.383 e. The second-order valence-corrected chi connectivity index (χ2v) is 8.36. The third kappa shape index (κ3) is 2.78. The van der Waals surface area contributed by atoms with Crippen molar-refractivity contribution in [1.29, 1.82) is 0 Å². The molecule has 0 amide bonds. The van der Waals surface area contributed by atoms with Crippen LogP contribution in [0.1, 0.15) is 11.5 Å². The van der Waals surface area contributed by atoms with Gasteiger partial charge in [0.2, 0.25) is 0 Å². The SMILES string of the molecule is COCC1(N)C(c2cccc(Cl)c2)C1S(=O)(=O)c1ccccc1.